The summed E-state index contributed by atoms with van der Waals surface area (Å²) in [5.74, 6) is 0. The van der Waals surface area contributed by atoms with Crippen molar-refractivity contribution in [2.24, 2.45) is 5.10 Å². The van der Waals surface area contributed by atoms with Crippen LogP contribution in [0.25, 0.3) is 11.3 Å². The Morgan fingerprint density at radius 3 is 2.24 bits per heavy atom. The molecule has 0 spiro atoms. The number of benzene rings is 3. The number of anilines is 1. The van der Waals surface area contributed by atoms with E-state index in [2.05, 4.69) is 96.2 Å². The maximum Gasteiger partial charge on any atom is 0.207 e. The molecule has 2 heterocycles. The number of rotatable bonds is 4. The van der Waals surface area contributed by atoms with Gasteiger partial charge in [0, 0.05) is 17.4 Å². The summed E-state index contributed by atoms with van der Waals surface area (Å²) in [7, 11) is 0. The maximum absolute atomic E-state index is 5.01. The Hall–Kier alpha value is -3.24. The summed E-state index contributed by atoms with van der Waals surface area (Å²) >= 11 is 1.65. The molecule has 3 aromatic carbocycles. The van der Waals surface area contributed by atoms with Crippen LogP contribution in [0.15, 0.2) is 95.4 Å². The summed E-state index contributed by atoms with van der Waals surface area (Å²) in [5.41, 5.74) is 6.93. The highest BCUT2D eigenvalue weighted by atomic mass is 32.1. The average molecular weight is 396 g/mol. The first-order chi connectivity index (χ1) is 14.3. The molecular weight excluding hydrogens is 374 g/mol. The van der Waals surface area contributed by atoms with E-state index >= 15 is 0 Å². The third-order valence-electron chi connectivity index (χ3n) is 5.24. The Kier molecular flexibility index (Phi) is 4.70. The molecule has 1 aromatic heterocycles. The molecule has 3 nitrogen and oxygen atoms in total. The van der Waals surface area contributed by atoms with E-state index in [-0.39, 0.29) is 6.04 Å². The molecular formula is C25H21N3S. The highest BCUT2D eigenvalue weighted by Crippen LogP contribution is 2.39. The van der Waals surface area contributed by atoms with Crippen molar-refractivity contribution in [3.63, 3.8) is 0 Å². The van der Waals surface area contributed by atoms with E-state index in [1.54, 1.807) is 11.3 Å². The van der Waals surface area contributed by atoms with E-state index in [1.165, 1.54) is 16.7 Å². The minimum atomic E-state index is 0.156. The zero-order valence-corrected chi connectivity index (χ0v) is 17.0. The number of aryl methyl sites for hydroxylation is 1. The molecule has 0 fully saturated rings. The van der Waals surface area contributed by atoms with Gasteiger partial charge in [-0.1, -0.05) is 90.5 Å². The Balaban J connectivity index is 1.53. The molecule has 0 bridgehead atoms. The molecule has 1 unspecified atom stereocenters. The quantitative estimate of drug-likeness (QED) is 0.396. The molecule has 0 aliphatic carbocycles. The Morgan fingerprint density at radius 2 is 1.52 bits per heavy atom. The summed E-state index contributed by atoms with van der Waals surface area (Å²) in [6.07, 6.45) is 0.869. The largest absolute Gasteiger partial charge is 0.231 e. The Labute approximate surface area is 175 Å². The highest BCUT2D eigenvalue weighted by Gasteiger charge is 2.31. The number of hydrogen-bond acceptors (Lipinski definition) is 4. The van der Waals surface area contributed by atoms with Gasteiger partial charge in [0.2, 0.25) is 5.13 Å². The molecule has 1 aliphatic heterocycles. The van der Waals surface area contributed by atoms with Crippen LogP contribution < -0.4 is 5.01 Å². The lowest BCUT2D eigenvalue weighted by Crippen LogP contribution is -2.18. The van der Waals surface area contributed by atoms with Crippen molar-refractivity contribution in [3.05, 3.63) is 107 Å². The molecule has 1 atom stereocenters. The van der Waals surface area contributed by atoms with Crippen LogP contribution in [0.3, 0.4) is 0 Å². The topological polar surface area (TPSA) is 28.5 Å². The zero-order valence-electron chi connectivity index (χ0n) is 16.2. The summed E-state index contributed by atoms with van der Waals surface area (Å²) in [6, 6.07) is 29.7. The lowest BCUT2D eigenvalue weighted by molar-refractivity contribution is 0.706. The number of hydrogen-bond donors (Lipinski definition) is 0. The van der Waals surface area contributed by atoms with Gasteiger partial charge in [0.1, 0.15) is 0 Å². The minimum absolute atomic E-state index is 0.156. The molecule has 0 amide bonds. The van der Waals surface area contributed by atoms with Crippen molar-refractivity contribution >= 4 is 22.2 Å². The van der Waals surface area contributed by atoms with Gasteiger partial charge in [0.25, 0.3) is 0 Å². The van der Waals surface area contributed by atoms with Crippen LogP contribution in [-0.2, 0) is 0 Å². The van der Waals surface area contributed by atoms with E-state index in [4.69, 9.17) is 10.1 Å². The van der Waals surface area contributed by atoms with Gasteiger partial charge in [0.15, 0.2) is 0 Å². The summed E-state index contributed by atoms with van der Waals surface area (Å²) in [5, 5.41) is 10.2. The van der Waals surface area contributed by atoms with Crippen LogP contribution >= 0.6 is 11.3 Å². The monoisotopic (exact) mass is 395 g/mol. The van der Waals surface area contributed by atoms with Gasteiger partial charge in [0.05, 0.1) is 17.4 Å². The molecule has 0 N–H and O–H groups in total. The first kappa shape index (κ1) is 17.8. The smallest absolute Gasteiger partial charge is 0.207 e. The van der Waals surface area contributed by atoms with Gasteiger partial charge in [-0.2, -0.15) is 5.10 Å². The first-order valence-corrected chi connectivity index (χ1v) is 10.7. The molecule has 4 heteroatoms. The molecule has 0 saturated heterocycles. The van der Waals surface area contributed by atoms with Crippen molar-refractivity contribution in [2.45, 2.75) is 19.4 Å². The number of hydrazone groups is 1. The van der Waals surface area contributed by atoms with Crippen LogP contribution in [-0.4, -0.2) is 10.7 Å². The van der Waals surface area contributed by atoms with Crippen LogP contribution in [0.5, 0.6) is 0 Å². The van der Waals surface area contributed by atoms with Gasteiger partial charge in [-0.25, -0.2) is 9.99 Å². The van der Waals surface area contributed by atoms with Crippen molar-refractivity contribution in [1.82, 2.24) is 4.98 Å². The number of thiazole rings is 1. The van der Waals surface area contributed by atoms with E-state index in [0.29, 0.717) is 0 Å². The van der Waals surface area contributed by atoms with Crippen LogP contribution in [0.4, 0.5) is 5.13 Å². The average Bonchev–Trinajstić information content (AvgIpc) is 3.43. The fourth-order valence-electron chi connectivity index (χ4n) is 3.65. The zero-order chi connectivity index (χ0) is 19.6. The second kappa shape index (κ2) is 7.64. The maximum atomic E-state index is 5.01. The Morgan fingerprint density at radius 1 is 0.828 bits per heavy atom. The summed E-state index contributed by atoms with van der Waals surface area (Å²) in [6.45, 7) is 2.10. The molecule has 1 aliphatic rings. The van der Waals surface area contributed by atoms with Gasteiger partial charge in [-0.05, 0) is 18.1 Å². The molecule has 0 radical (unpaired) electrons. The lowest BCUT2D eigenvalue weighted by atomic mass is 9.99. The predicted octanol–water partition coefficient (Wildman–Crippen LogP) is 6.47. The van der Waals surface area contributed by atoms with Crippen LogP contribution in [0.1, 0.15) is 29.2 Å². The van der Waals surface area contributed by atoms with Gasteiger partial charge in [-0.15, -0.1) is 11.3 Å². The summed E-state index contributed by atoms with van der Waals surface area (Å²) in [4.78, 5) is 4.93. The van der Waals surface area contributed by atoms with Crippen LogP contribution in [0.2, 0.25) is 0 Å². The predicted molar refractivity (Wildman–Crippen MR) is 122 cm³/mol. The van der Waals surface area contributed by atoms with Gasteiger partial charge in [-0.3, -0.25) is 0 Å². The van der Waals surface area contributed by atoms with Crippen molar-refractivity contribution in [2.75, 3.05) is 5.01 Å². The van der Waals surface area contributed by atoms with Crippen molar-refractivity contribution in [1.29, 1.82) is 0 Å². The molecule has 29 heavy (non-hydrogen) atoms. The molecule has 0 saturated carbocycles. The molecule has 5 rings (SSSR count). The van der Waals surface area contributed by atoms with E-state index < -0.39 is 0 Å². The van der Waals surface area contributed by atoms with E-state index in [1.807, 2.05) is 6.07 Å². The standard InChI is InChI=1S/C25H21N3S/c1-18-12-14-20(15-13-18)23-17-29-25(26-23)28-24(21-10-6-3-7-11-21)16-22(27-28)19-8-4-2-5-9-19/h2-15,17,24H,16H2,1H3. The Bertz CT molecular complexity index is 1130. The highest BCUT2D eigenvalue weighted by molar-refractivity contribution is 7.14. The number of nitrogens with zero attached hydrogens (tertiary/aromatic N) is 3. The fourth-order valence-corrected chi connectivity index (χ4v) is 4.49. The molecule has 4 aromatic rings. The first-order valence-electron chi connectivity index (χ1n) is 9.77. The van der Waals surface area contributed by atoms with Crippen LogP contribution in [0, 0.1) is 6.92 Å². The lowest BCUT2D eigenvalue weighted by Gasteiger charge is -2.21. The van der Waals surface area contributed by atoms with Crippen molar-refractivity contribution in [3.8, 4) is 11.3 Å². The third-order valence-corrected chi connectivity index (χ3v) is 6.07. The van der Waals surface area contributed by atoms with Gasteiger partial charge >= 0.3 is 0 Å². The second-order valence-electron chi connectivity index (χ2n) is 7.27. The van der Waals surface area contributed by atoms with Crippen molar-refractivity contribution < 1.29 is 0 Å². The summed E-state index contributed by atoms with van der Waals surface area (Å²) < 4.78 is 0. The SMILES string of the molecule is Cc1ccc(-c2csc(N3N=C(c4ccccc4)CC3c3ccccc3)n2)cc1. The normalized spacial score (nSPS) is 16.1. The van der Waals surface area contributed by atoms with Gasteiger partial charge < -0.3 is 0 Å². The van der Waals surface area contributed by atoms with E-state index in [9.17, 15) is 0 Å². The fraction of sp³-hybridized carbons (Fsp3) is 0.120. The molecule has 142 valence electrons. The van der Waals surface area contributed by atoms with E-state index in [0.717, 1.165) is 28.5 Å². The third kappa shape index (κ3) is 3.59. The number of aromatic nitrogens is 1. The minimum Gasteiger partial charge on any atom is -0.231 e. The second-order valence-corrected chi connectivity index (χ2v) is 8.11.